The van der Waals surface area contributed by atoms with Crippen molar-refractivity contribution in [1.29, 1.82) is 0 Å². The zero-order chi connectivity index (χ0) is 17.6. The lowest BCUT2D eigenvalue weighted by Gasteiger charge is -2.14. The fourth-order valence-electron chi connectivity index (χ4n) is 3.53. The van der Waals surface area contributed by atoms with Crippen molar-refractivity contribution in [1.82, 2.24) is 0 Å². The molecule has 0 saturated carbocycles. The van der Waals surface area contributed by atoms with Crippen molar-refractivity contribution in [2.45, 2.75) is 75.9 Å². The van der Waals surface area contributed by atoms with Gasteiger partial charge in [-0.2, -0.15) is 0 Å². The molecule has 124 valence electrons. The van der Waals surface area contributed by atoms with Gasteiger partial charge in [0.1, 0.15) is 0 Å². The molecule has 0 saturated heterocycles. The minimum atomic E-state index is 0.888. The van der Waals surface area contributed by atoms with Gasteiger partial charge >= 0.3 is 6.67 Å². The van der Waals surface area contributed by atoms with Crippen molar-refractivity contribution in [3.8, 4) is 0 Å². The SMILES string of the molecule is Cc1c(C)c(C)[n+](C[n+]2c(C)c(C)c(C)c(C)c2C)c(C)c1C. The van der Waals surface area contributed by atoms with Crippen LogP contribution in [-0.4, -0.2) is 0 Å². The fourth-order valence-corrected chi connectivity index (χ4v) is 3.53. The Morgan fingerprint density at radius 2 is 0.609 bits per heavy atom. The second kappa shape index (κ2) is 6.07. The molecule has 2 aromatic heterocycles. The highest BCUT2D eigenvalue weighted by molar-refractivity contribution is 5.34. The maximum Gasteiger partial charge on any atom is 0.344 e. The van der Waals surface area contributed by atoms with E-state index in [-0.39, 0.29) is 0 Å². The van der Waals surface area contributed by atoms with Crippen molar-refractivity contribution in [3.05, 3.63) is 56.2 Å². The number of nitrogens with zero attached hydrogens (tertiary/aromatic N) is 2. The van der Waals surface area contributed by atoms with Crippen LogP contribution in [0.2, 0.25) is 0 Å². The second-order valence-corrected chi connectivity index (χ2v) is 7.09. The van der Waals surface area contributed by atoms with Crippen LogP contribution in [0.4, 0.5) is 0 Å². The Hall–Kier alpha value is -1.70. The van der Waals surface area contributed by atoms with E-state index in [9.17, 15) is 0 Å². The van der Waals surface area contributed by atoms with Gasteiger partial charge in [0.2, 0.25) is 0 Å². The molecule has 23 heavy (non-hydrogen) atoms. The third-order valence-electron chi connectivity index (χ3n) is 6.32. The Bertz CT molecular complexity index is 673. The zero-order valence-electron chi connectivity index (χ0n) is 16.6. The van der Waals surface area contributed by atoms with E-state index in [2.05, 4.69) is 78.4 Å². The Balaban J connectivity index is 2.71. The van der Waals surface area contributed by atoms with Gasteiger partial charge in [0, 0.05) is 49.9 Å². The van der Waals surface area contributed by atoms with Crippen LogP contribution in [0.1, 0.15) is 56.2 Å². The highest BCUT2D eigenvalue weighted by atomic mass is 15.2. The number of rotatable bonds is 2. The van der Waals surface area contributed by atoms with Gasteiger partial charge < -0.3 is 0 Å². The zero-order valence-corrected chi connectivity index (χ0v) is 16.6. The Kier molecular flexibility index (Phi) is 4.66. The van der Waals surface area contributed by atoms with Gasteiger partial charge in [-0.25, -0.2) is 0 Å². The van der Waals surface area contributed by atoms with Crippen LogP contribution in [0, 0.1) is 69.2 Å². The van der Waals surface area contributed by atoms with Crippen molar-refractivity contribution in [2.24, 2.45) is 0 Å². The molecule has 0 atom stereocenters. The highest BCUT2D eigenvalue weighted by Crippen LogP contribution is 2.18. The molecule has 0 aliphatic rings. The summed E-state index contributed by atoms with van der Waals surface area (Å²) in [5.41, 5.74) is 13.9. The van der Waals surface area contributed by atoms with E-state index in [1.165, 1.54) is 56.2 Å². The molecule has 2 aromatic rings. The molecule has 0 aromatic carbocycles. The summed E-state index contributed by atoms with van der Waals surface area (Å²) in [7, 11) is 0. The number of aromatic nitrogens is 2. The number of hydrogen-bond donors (Lipinski definition) is 0. The largest absolute Gasteiger partial charge is 0.344 e. The summed E-state index contributed by atoms with van der Waals surface area (Å²) < 4.78 is 4.93. The Morgan fingerprint density at radius 3 is 0.826 bits per heavy atom. The summed E-state index contributed by atoms with van der Waals surface area (Å²) >= 11 is 0. The standard InChI is InChI=1S/C21H32N2/c1-12-14(3)18(7)22(19(8)15(12)4)11-23-20(9)16(5)13(2)17(6)21(23)10/h11H2,1-10H3/q+2. The lowest BCUT2D eigenvalue weighted by atomic mass is 10.0. The summed E-state index contributed by atoms with van der Waals surface area (Å²) in [6, 6.07) is 0. The molecule has 0 aliphatic carbocycles. The molecule has 2 nitrogen and oxygen atoms in total. The normalized spacial score (nSPS) is 11.2. The molecule has 0 aliphatic heterocycles. The lowest BCUT2D eigenvalue weighted by molar-refractivity contribution is -0.922. The molecular weight excluding hydrogens is 280 g/mol. The number of pyridine rings is 2. The maximum absolute atomic E-state index is 2.46. The molecule has 0 N–H and O–H groups in total. The molecule has 0 fully saturated rings. The third-order valence-corrected chi connectivity index (χ3v) is 6.32. The van der Waals surface area contributed by atoms with Crippen LogP contribution in [0.5, 0.6) is 0 Å². The summed E-state index contributed by atoms with van der Waals surface area (Å²) in [6.45, 7) is 23.3. The van der Waals surface area contributed by atoms with Crippen molar-refractivity contribution < 1.29 is 9.13 Å². The van der Waals surface area contributed by atoms with E-state index in [0.717, 1.165) is 6.67 Å². The average molecular weight is 313 g/mol. The van der Waals surface area contributed by atoms with Crippen LogP contribution >= 0.6 is 0 Å². The highest BCUT2D eigenvalue weighted by Gasteiger charge is 2.27. The molecule has 0 unspecified atom stereocenters. The monoisotopic (exact) mass is 312 g/mol. The van der Waals surface area contributed by atoms with Gasteiger partial charge in [-0.1, -0.05) is 0 Å². The molecule has 0 amide bonds. The molecule has 2 rings (SSSR count). The van der Waals surface area contributed by atoms with E-state index < -0.39 is 0 Å². The van der Waals surface area contributed by atoms with Gasteiger partial charge in [0.15, 0.2) is 22.8 Å². The van der Waals surface area contributed by atoms with Crippen LogP contribution < -0.4 is 9.13 Å². The predicted octanol–water partition coefficient (Wildman–Crippen LogP) is 3.85. The predicted molar refractivity (Wildman–Crippen MR) is 96.0 cm³/mol. The van der Waals surface area contributed by atoms with E-state index in [4.69, 9.17) is 0 Å². The van der Waals surface area contributed by atoms with Crippen molar-refractivity contribution in [3.63, 3.8) is 0 Å². The van der Waals surface area contributed by atoms with Crippen LogP contribution in [-0.2, 0) is 6.67 Å². The quantitative estimate of drug-likeness (QED) is 0.744. The molecule has 2 heterocycles. The Labute approximate surface area is 141 Å². The summed E-state index contributed by atoms with van der Waals surface area (Å²) in [4.78, 5) is 0. The van der Waals surface area contributed by atoms with Crippen LogP contribution in [0.15, 0.2) is 0 Å². The summed E-state index contributed by atoms with van der Waals surface area (Å²) in [6.07, 6.45) is 0. The van der Waals surface area contributed by atoms with Gasteiger partial charge in [-0.05, 0) is 52.7 Å². The average Bonchev–Trinajstić information content (AvgIpc) is 2.54. The third kappa shape index (κ3) is 2.69. The first-order chi connectivity index (χ1) is 10.6. The first-order valence-corrected chi connectivity index (χ1v) is 8.53. The van der Waals surface area contributed by atoms with E-state index in [1.807, 2.05) is 0 Å². The molecule has 2 heteroatoms. The van der Waals surface area contributed by atoms with Crippen LogP contribution in [0.25, 0.3) is 0 Å². The van der Waals surface area contributed by atoms with E-state index in [0.29, 0.717) is 0 Å². The number of hydrogen-bond acceptors (Lipinski definition) is 0. The molecular formula is C21H32N2+2. The first kappa shape index (κ1) is 17.7. The smallest absolute Gasteiger partial charge is 0.141 e. The van der Waals surface area contributed by atoms with Gasteiger partial charge in [-0.15, -0.1) is 9.13 Å². The minimum Gasteiger partial charge on any atom is -0.141 e. The summed E-state index contributed by atoms with van der Waals surface area (Å²) in [5, 5.41) is 0. The molecule has 0 bridgehead atoms. The van der Waals surface area contributed by atoms with Crippen molar-refractivity contribution >= 4 is 0 Å². The molecule has 0 radical (unpaired) electrons. The summed E-state index contributed by atoms with van der Waals surface area (Å²) in [5.74, 6) is 0. The van der Waals surface area contributed by atoms with Crippen molar-refractivity contribution in [2.75, 3.05) is 0 Å². The van der Waals surface area contributed by atoms with E-state index in [1.54, 1.807) is 0 Å². The molecule has 0 spiro atoms. The topological polar surface area (TPSA) is 7.76 Å². The van der Waals surface area contributed by atoms with Crippen LogP contribution in [0.3, 0.4) is 0 Å². The lowest BCUT2D eigenvalue weighted by Crippen LogP contribution is -2.58. The first-order valence-electron chi connectivity index (χ1n) is 8.53. The van der Waals surface area contributed by atoms with Gasteiger partial charge in [0.25, 0.3) is 0 Å². The van der Waals surface area contributed by atoms with Gasteiger partial charge in [0.05, 0.1) is 0 Å². The van der Waals surface area contributed by atoms with Gasteiger partial charge in [-0.3, -0.25) is 0 Å². The Morgan fingerprint density at radius 1 is 0.391 bits per heavy atom. The van der Waals surface area contributed by atoms with E-state index >= 15 is 0 Å². The second-order valence-electron chi connectivity index (χ2n) is 7.09. The fraction of sp³-hybridized carbons (Fsp3) is 0.524. The maximum atomic E-state index is 2.46. The minimum absolute atomic E-state index is 0.888.